The zero-order chi connectivity index (χ0) is 17.5. The van der Waals surface area contributed by atoms with Crippen LogP contribution in [0.3, 0.4) is 0 Å². The summed E-state index contributed by atoms with van der Waals surface area (Å²) in [6.45, 7) is 0.830. The molecule has 0 aliphatic carbocycles. The molecule has 0 spiro atoms. The minimum absolute atomic E-state index is 0.123. The lowest BCUT2D eigenvalue weighted by molar-refractivity contribution is 0.0951. The van der Waals surface area contributed by atoms with Gasteiger partial charge in [0.25, 0.3) is 5.91 Å². The molecule has 2 aromatic carbocycles. The first-order valence-corrected chi connectivity index (χ1v) is 8.30. The molecule has 0 aliphatic rings. The molecule has 0 aliphatic heterocycles. The van der Waals surface area contributed by atoms with Gasteiger partial charge in [0.1, 0.15) is 12.4 Å². The molecule has 0 saturated heterocycles. The van der Waals surface area contributed by atoms with Crippen molar-refractivity contribution in [3.8, 4) is 5.75 Å². The first-order chi connectivity index (χ1) is 12.3. The molecular weight excluding hydrogens is 336 g/mol. The lowest BCUT2D eigenvalue weighted by Crippen LogP contribution is -2.22. The first kappa shape index (κ1) is 17.0. The topological polar surface area (TPSA) is 51.2 Å². The first-order valence-electron chi connectivity index (χ1n) is 7.86. The van der Waals surface area contributed by atoms with E-state index in [1.54, 1.807) is 18.3 Å². The number of fused-ring (bicyclic) bond motifs is 1. The highest BCUT2D eigenvalue weighted by atomic mass is 35.5. The van der Waals surface area contributed by atoms with Gasteiger partial charge in [-0.15, -0.1) is 0 Å². The summed E-state index contributed by atoms with van der Waals surface area (Å²) >= 11 is 5.47. The highest BCUT2D eigenvalue weighted by Crippen LogP contribution is 2.15. The van der Waals surface area contributed by atoms with E-state index in [1.165, 1.54) is 5.54 Å². The lowest BCUT2D eigenvalue weighted by Gasteiger charge is -2.08. The molecular formula is C20H17ClN2O2. The second-order valence-electron chi connectivity index (χ2n) is 5.41. The number of carbonyl (C=O) groups excluding carboxylic acids is 1. The predicted octanol–water partition coefficient (Wildman–Crippen LogP) is 4.30. The Labute approximate surface area is 151 Å². The molecule has 25 heavy (non-hydrogen) atoms. The molecule has 1 aromatic heterocycles. The third kappa shape index (κ3) is 4.58. The van der Waals surface area contributed by atoms with Crippen molar-refractivity contribution in [2.75, 3.05) is 6.61 Å². The van der Waals surface area contributed by atoms with Gasteiger partial charge in [-0.05, 0) is 48.0 Å². The molecule has 1 amide bonds. The fourth-order valence-electron chi connectivity index (χ4n) is 2.43. The number of rotatable bonds is 6. The van der Waals surface area contributed by atoms with Crippen LogP contribution in [0.2, 0.25) is 0 Å². The average molecular weight is 353 g/mol. The Bertz CT molecular complexity index is 909. The Balaban J connectivity index is 1.64. The van der Waals surface area contributed by atoms with E-state index in [0.717, 1.165) is 22.2 Å². The van der Waals surface area contributed by atoms with Crippen molar-refractivity contribution in [1.29, 1.82) is 0 Å². The largest absolute Gasteiger partial charge is 0.489 e. The van der Waals surface area contributed by atoms with Gasteiger partial charge in [-0.25, -0.2) is 0 Å². The Hall–Kier alpha value is -2.85. The number of benzene rings is 2. The van der Waals surface area contributed by atoms with E-state index in [0.29, 0.717) is 18.7 Å². The minimum atomic E-state index is -0.123. The normalized spacial score (nSPS) is 10.9. The van der Waals surface area contributed by atoms with E-state index in [1.807, 2.05) is 48.5 Å². The smallest absolute Gasteiger partial charge is 0.251 e. The fraction of sp³-hybridized carbons (Fsp3) is 0.100. The van der Waals surface area contributed by atoms with Crippen molar-refractivity contribution in [2.24, 2.45) is 0 Å². The molecule has 5 heteroatoms. The zero-order valence-electron chi connectivity index (χ0n) is 13.5. The Morgan fingerprint density at radius 2 is 2.08 bits per heavy atom. The Kier molecular flexibility index (Phi) is 5.65. The van der Waals surface area contributed by atoms with Crippen molar-refractivity contribution in [2.45, 2.75) is 6.54 Å². The van der Waals surface area contributed by atoms with Crippen molar-refractivity contribution in [1.82, 2.24) is 10.3 Å². The SMILES string of the molecule is O=C(NCc1cccc(OC/C=C/Cl)c1)c1ccc2ncccc2c1. The van der Waals surface area contributed by atoms with Crippen LogP contribution in [0.1, 0.15) is 15.9 Å². The second kappa shape index (κ2) is 8.31. The molecule has 1 N–H and O–H groups in total. The Morgan fingerprint density at radius 3 is 2.96 bits per heavy atom. The second-order valence-corrected chi connectivity index (χ2v) is 5.67. The number of hydrogen-bond acceptors (Lipinski definition) is 3. The van der Waals surface area contributed by atoms with Crippen LogP contribution in [0.15, 0.2) is 72.4 Å². The number of hydrogen-bond donors (Lipinski definition) is 1. The lowest BCUT2D eigenvalue weighted by atomic mass is 10.1. The molecule has 0 bridgehead atoms. The maximum absolute atomic E-state index is 12.4. The van der Waals surface area contributed by atoms with E-state index in [4.69, 9.17) is 16.3 Å². The van der Waals surface area contributed by atoms with E-state index in [2.05, 4.69) is 10.3 Å². The summed E-state index contributed by atoms with van der Waals surface area (Å²) in [6.07, 6.45) is 3.45. The zero-order valence-corrected chi connectivity index (χ0v) is 14.2. The van der Waals surface area contributed by atoms with Gasteiger partial charge >= 0.3 is 0 Å². The standard InChI is InChI=1S/C20H17ClN2O2/c21-9-3-11-25-18-6-1-4-15(12-18)14-23-20(24)17-7-8-19-16(13-17)5-2-10-22-19/h1-10,12-13H,11,14H2,(H,23,24)/b9-3+. The third-order valence-corrected chi connectivity index (χ3v) is 3.83. The minimum Gasteiger partial charge on any atom is -0.489 e. The molecule has 1 heterocycles. The van der Waals surface area contributed by atoms with Gasteiger partial charge in [0.15, 0.2) is 0 Å². The quantitative estimate of drug-likeness (QED) is 0.719. The summed E-state index contributed by atoms with van der Waals surface area (Å²) < 4.78 is 5.54. The molecule has 3 rings (SSSR count). The van der Waals surface area contributed by atoms with Crippen molar-refractivity contribution >= 4 is 28.4 Å². The third-order valence-electron chi connectivity index (χ3n) is 3.65. The van der Waals surface area contributed by atoms with Crippen LogP contribution in [-0.2, 0) is 6.54 Å². The van der Waals surface area contributed by atoms with Gasteiger partial charge in [0, 0.05) is 29.2 Å². The molecule has 0 unspecified atom stereocenters. The van der Waals surface area contributed by atoms with Gasteiger partial charge < -0.3 is 10.1 Å². The van der Waals surface area contributed by atoms with Crippen LogP contribution in [-0.4, -0.2) is 17.5 Å². The number of ether oxygens (including phenoxy) is 1. The van der Waals surface area contributed by atoms with Crippen LogP contribution in [0, 0.1) is 0 Å². The van der Waals surface area contributed by atoms with Crippen LogP contribution >= 0.6 is 11.6 Å². The molecule has 0 atom stereocenters. The number of pyridine rings is 1. The van der Waals surface area contributed by atoms with E-state index < -0.39 is 0 Å². The monoisotopic (exact) mass is 352 g/mol. The number of nitrogens with one attached hydrogen (secondary N) is 1. The highest BCUT2D eigenvalue weighted by molar-refractivity contribution is 6.25. The molecule has 3 aromatic rings. The van der Waals surface area contributed by atoms with Gasteiger partial charge in [0.05, 0.1) is 5.52 Å². The van der Waals surface area contributed by atoms with Crippen molar-refractivity contribution in [3.05, 3.63) is 83.5 Å². The van der Waals surface area contributed by atoms with Crippen molar-refractivity contribution < 1.29 is 9.53 Å². The van der Waals surface area contributed by atoms with Crippen LogP contribution in [0.4, 0.5) is 0 Å². The number of aromatic nitrogens is 1. The number of nitrogens with zero attached hydrogens (tertiary/aromatic N) is 1. The summed E-state index contributed by atoms with van der Waals surface area (Å²) in [4.78, 5) is 16.6. The van der Waals surface area contributed by atoms with Crippen LogP contribution < -0.4 is 10.1 Å². The summed E-state index contributed by atoms with van der Waals surface area (Å²) in [5, 5.41) is 3.87. The van der Waals surface area contributed by atoms with Gasteiger partial charge in [-0.1, -0.05) is 29.8 Å². The molecule has 0 saturated carbocycles. The Morgan fingerprint density at radius 1 is 1.16 bits per heavy atom. The number of carbonyl (C=O) groups is 1. The highest BCUT2D eigenvalue weighted by Gasteiger charge is 2.07. The van der Waals surface area contributed by atoms with Gasteiger partial charge in [0.2, 0.25) is 0 Å². The van der Waals surface area contributed by atoms with Crippen molar-refractivity contribution in [3.63, 3.8) is 0 Å². The van der Waals surface area contributed by atoms with Gasteiger partial charge in [-0.3, -0.25) is 9.78 Å². The molecule has 0 radical (unpaired) electrons. The fourth-order valence-corrected chi connectivity index (χ4v) is 2.50. The summed E-state index contributed by atoms with van der Waals surface area (Å²) in [5.74, 6) is 0.612. The van der Waals surface area contributed by atoms with Gasteiger partial charge in [-0.2, -0.15) is 0 Å². The predicted molar refractivity (Wildman–Crippen MR) is 99.8 cm³/mol. The molecule has 0 fully saturated rings. The maximum Gasteiger partial charge on any atom is 0.251 e. The summed E-state index contributed by atoms with van der Waals surface area (Å²) in [7, 11) is 0. The van der Waals surface area contributed by atoms with Crippen LogP contribution in [0.25, 0.3) is 10.9 Å². The molecule has 126 valence electrons. The molecule has 4 nitrogen and oxygen atoms in total. The average Bonchev–Trinajstić information content (AvgIpc) is 2.66. The van der Waals surface area contributed by atoms with E-state index in [-0.39, 0.29) is 5.91 Å². The van der Waals surface area contributed by atoms with Crippen LogP contribution in [0.5, 0.6) is 5.75 Å². The summed E-state index contributed by atoms with van der Waals surface area (Å²) in [5.41, 5.74) is 3.86. The van der Waals surface area contributed by atoms with E-state index in [9.17, 15) is 4.79 Å². The maximum atomic E-state index is 12.4. The number of halogens is 1. The number of amides is 1. The van der Waals surface area contributed by atoms with E-state index >= 15 is 0 Å². The summed E-state index contributed by atoms with van der Waals surface area (Å²) in [6, 6.07) is 16.9.